The smallest absolute Gasteiger partial charge is 0.268 e. The van der Waals surface area contributed by atoms with Crippen LogP contribution in [-0.4, -0.2) is 20.5 Å². The molecule has 0 saturated carbocycles. The molecule has 0 aromatic carbocycles. The Morgan fingerprint density at radius 3 is 2.50 bits per heavy atom. The molecule has 2 N–H and O–H groups in total. The van der Waals surface area contributed by atoms with Gasteiger partial charge in [0, 0.05) is 6.07 Å². The Morgan fingerprint density at radius 2 is 2.12 bits per heavy atom. The molecule has 0 atom stereocenters. The third kappa shape index (κ3) is 2.57. The number of rotatable bonds is 3. The quantitative estimate of drug-likeness (QED) is 0.900. The van der Waals surface area contributed by atoms with Crippen LogP contribution in [0, 0.1) is 0 Å². The summed E-state index contributed by atoms with van der Waals surface area (Å²) in [6.07, 6.45) is -3.10. The molecule has 0 unspecified atom stereocenters. The minimum absolute atomic E-state index is 0.210. The number of alkyl halides is 2. The van der Waals surface area contributed by atoms with E-state index < -0.39 is 32.1 Å². The predicted octanol–water partition coefficient (Wildman–Crippen LogP) is 1.33. The van der Waals surface area contributed by atoms with Crippen molar-refractivity contribution in [2.75, 3.05) is 7.11 Å². The van der Waals surface area contributed by atoms with Crippen molar-refractivity contribution in [1.29, 1.82) is 0 Å². The molecule has 1 aromatic heterocycles. The SMILES string of the molecule is COc1cc(Cl)c(C(F)F)c(S(N)(=O)=O)n1. The Kier molecular flexibility index (Phi) is 3.66. The second-order valence-electron chi connectivity index (χ2n) is 2.71. The zero-order chi connectivity index (χ0) is 12.5. The van der Waals surface area contributed by atoms with E-state index in [0.29, 0.717) is 0 Å². The van der Waals surface area contributed by atoms with E-state index in [-0.39, 0.29) is 5.88 Å². The van der Waals surface area contributed by atoms with Crippen LogP contribution in [-0.2, 0) is 10.0 Å². The van der Waals surface area contributed by atoms with Gasteiger partial charge in [-0.1, -0.05) is 11.6 Å². The molecule has 1 aromatic rings. The van der Waals surface area contributed by atoms with E-state index in [1.54, 1.807) is 0 Å². The lowest BCUT2D eigenvalue weighted by atomic mass is 10.3. The summed E-state index contributed by atoms with van der Waals surface area (Å²) in [7, 11) is -3.20. The van der Waals surface area contributed by atoms with Crippen molar-refractivity contribution in [2.45, 2.75) is 11.5 Å². The second kappa shape index (κ2) is 4.48. The van der Waals surface area contributed by atoms with Crippen LogP contribution in [0.1, 0.15) is 12.0 Å². The molecule has 0 aliphatic rings. The largest absolute Gasteiger partial charge is 0.481 e. The Labute approximate surface area is 95.2 Å². The van der Waals surface area contributed by atoms with Crippen LogP contribution in [0.2, 0.25) is 5.02 Å². The van der Waals surface area contributed by atoms with Gasteiger partial charge in [-0.2, -0.15) is 4.98 Å². The number of sulfonamides is 1. The van der Waals surface area contributed by atoms with Gasteiger partial charge in [0.15, 0.2) is 5.03 Å². The maximum atomic E-state index is 12.6. The summed E-state index contributed by atoms with van der Waals surface area (Å²) in [5.74, 6) is -0.210. The molecule has 0 radical (unpaired) electrons. The number of nitrogens with zero attached hydrogens (tertiary/aromatic N) is 1. The van der Waals surface area contributed by atoms with Gasteiger partial charge in [-0.15, -0.1) is 0 Å². The lowest BCUT2D eigenvalue weighted by Gasteiger charge is -2.09. The average molecular weight is 273 g/mol. The number of ether oxygens (including phenoxy) is 1. The molecule has 9 heteroatoms. The van der Waals surface area contributed by atoms with E-state index in [4.69, 9.17) is 16.7 Å². The first-order valence-corrected chi connectivity index (χ1v) is 5.75. The number of primary sulfonamides is 1. The van der Waals surface area contributed by atoms with Crippen LogP contribution in [0.4, 0.5) is 8.78 Å². The van der Waals surface area contributed by atoms with Crippen molar-refractivity contribution >= 4 is 21.6 Å². The lowest BCUT2D eigenvalue weighted by molar-refractivity contribution is 0.147. The summed E-state index contributed by atoms with van der Waals surface area (Å²) in [6, 6.07) is 0.984. The molecule has 0 spiro atoms. The normalized spacial score (nSPS) is 11.9. The van der Waals surface area contributed by atoms with Gasteiger partial charge in [-0.05, 0) is 0 Å². The van der Waals surface area contributed by atoms with E-state index in [1.807, 2.05) is 0 Å². The molecule has 5 nitrogen and oxygen atoms in total. The molecule has 0 saturated heterocycles. The predicted molar refractivity (Wildman–Crippen MR) is 52.1 cm³/mol. The number of aromatic nitrogens is 1. The van der Waals surface area contributed by atoms with E-state index in [2.05, 4.69) is 9.72 Å². The van der Waals surface area contributed by atoms with Crippen LogP contribution in [0.3, 0.4) is 0 Å². The third-order valence-corrected chi connectivity index (χ3v) is 2.81. The summed E-state index contributed by atoms with van der Waals surface area (Å²) in [5, 5.41) is 3.30. The third-order valence-electron chi connectivity index (χ3n) is 1.65. The first-order valence-electron chi connectivity index (χ1n) is 3.82. The fraction of sp³-hybridized carbons (Fsp3) is 0.286. The second-order valence-corrected chi connectivity index (χ2v) is 4.59. The standard InChI is InChI=1S/C7H7ClF2N2O3S/c1-15-4-2-3(8)5(6(9)10)7(12-4)16(11,13)14/h2,6H,1H3,(H2,11,13,14). The number of pyridine rings is 1. The van der Waals surface area contributed by atoms with E-state index in [9.17, 15) is 17.2 Å². The van der Waals surface area contributed by atoms with Crippen LogP contribution in [0.5, 0.6) is 5.88 Å². The molecule has 1 rings (SSSR count). The minimum Gasteiger partial charge on any atom is -0.481 e. The molecular formula is C7H7ClF2N2O3S. The minimum atomic E-state index is -4.39. The molecule has 0 aliphatic carbocycles. The van der Waals surface area contributed by atoms with Crippen molar-refractivity contribution in [1.82, 2.24) is 4.98 Å². The van der Waals surface area contributed by atoms with E-state index in [1.165, 1.54) is 7.11 Å². The first kappa shape index (κ1) is 13.1. The monoisotopic (exact) mass is 272 g/mol. The number of nitrogens with two attached hydrogens (primary N) is 1. The van der Waals surface area contributed by atoms with Gasteiger partial charge >= 0.3 is 0 Å². The highest BCUT2D eigenvalue weighted by Crippen LogP contribution is 2.33. The van der Waals surface area contributed by atoms with Crippen molar-refractivity contribution in [3.63, 3.8) is 0 Å². The Hall–Kier alpha value is -0.990. The van der Waals surface area contributed by atoms with Crippen LogP contribution in [0.25, 0.3) is 0 Å². The Morgan fingerprint density at radius 1 is 1.56 bits per heavy atom. The molecule has 0 aliphatic heterocycles. The van der Waals surface area contributed by atoms with Gasteiger partial charge in [0.1, 0.15) is 0 Å². The van der Waals surface area contributed by atoms with E-state index in [0.717, 1.165) is 6.07 Å². The maximum Gasteiger partial charge on any atom is 0.268 e. The van der Waals surface area contributed by atoms with Gasteiger partial charge in [-0.25, -0.2) is 22.3 Å². The van der Waals surface area contributed by atoms with E-state index >= 15 is 0 Å². The van der Waals surface area contributed by atoms with Crippen molar-refractivity contribution in [3.8, 4) is 5.88 Å². The zero-order valence-corrected chi connectivity index (χ0v) is 9.52. The molecule has 0 amide bonds. The Balaban J connectivity index is 3.60. The van der Waals surface area contributed by atoms with Crippen molar-refractivity contribution in [3.05, 3.63) is 16.7 Å². The molecular weight excluding hydrogens is 266 g/mol. The summed E-state index contributed by atoms with van der Waals surface area (Å²) in [6.45, 7) is 0. The van der Waals surface area contributed by atoms with Gasteiger partial charge in [0.05, 0.1) is 17.7 Å². The van der Waals surface area contributed by atoms with Crippen LogP contribution >= 0.6 is 11.6 Å². The fourth-order valence-corrected chi connectivity index (χ4v) is 2.04. The first-order chi connectivity index (χ1) is 7.27. The molecule has 0 bridgehead atoms. The summed E-state index contributed by atoms with van der Waals surface area (Å²) < 4.78 is 51.8. The highest BCUT2D eigenvalue weighted by atomic mass is 35.5. The van der Waals surface area contributed by atoms with Gasteiger partial charge in [0.2, 0.25) is 5.88 Å². The summed E-state index contributed by atoms with van der Waals surface area (Å²) in [5.41, 5.74) is -0.926. The highest BCUT2D eigenvalue weighted by molar-refractivity contribution is 7.89. The van der Waals surface area contributed by atoms with Gasteiger partial charge in [-0.3, -0.25) is 0 Å². The highest BCUT2D eigenvalue weighted by Gasteiger charge is 2.26. The summed E-state index contributed by atoms with van der Waals surface area (Å²) >= 11 is 5.49. The maximum absolute atomic E-state index is 12.6. The zero-order valence-electron chi connectivity index (χ0n) is 7.95. The van der Waals surface area contributed by atoms with Crippen LogP contribution < -0.4 is 9.88 Å². The Bertz CT molecular complexity index is 507. The number of methoxy groups -OCH3 is 1. The topological polar surface area (TPSA) is 82.3 Å². The van der Waals surface area contributed by atoms with Crippen molar-refractivity contribution in [2.24, 2.45) is 5.14 Å². The summed E-state index contributed by atoms with van der Waals surface area (Å²) in [4.78, 5) is 3.34. The number of halogens is 3. The number of hydrogen-bond acceptors (Lipinski definition) is 4. The molecule has 16 heavy (non-hydrogen) atoms. The molecule has 90 valence electrons. The molecule has 0 fully saturated rings. The average Bonchev–Trinajstić information content (AvgIpc) is 2.14. The fourth-order valence-electron chi connectivity index (χ4n) is 1.000. The van der Waals surface area contributed by atoms with Crippen LogP contribution in [0.15, 0.2) is 11.1 Å². The van der Waals surface area contributed by atoms with Gasteiger partial charge in [0.25, 0.3) is 16.4 Å². The molecule has 1 heterocycles. The lowest BCUT2D eigenvalue weighted by Crippen LogP contribution is -2.17. The number of hydrogen-bond donors (Lipinski definition) is 1. The van der Waals surface area contributed by atoms with Crippen molar-refractivity contribution < 1.29 is 21.9 Å². The van der Waals surface area contributed by atoms with Gasteiger partial charge < -0.3 is 4.74 Å².